The predicted molar refractivity (Wildman–Crippen MR) is 151 cm³/mol. The van der Waals surface area contributed by atoms with Crippen molar-refractivity contribution < 1.29 is 19.1 Å². The summed E-state index contributed by atoms with van der Waals surface area (Å²) < 4.78 is 15.1. The fourth-order valence-electron chi connectivity index (χ4n) is 4.63. The van der Waals surface area contributed by atoms with Crippen molar-refractivity contribution in [2.24, 2.45) is 23.9 Å². The van der Waals surface area contributed by atoms with Gasteiger partial charge < -0.3 is 23.9 Å². The molecule has 0 saturated heterocycles. The number of pyridine rings is 1. The number of aryl methyl sites for hydroxylation is 2. The molecule has 9 heteroatoms. The van der Waals surface area contributed by atoms with Crippen LogP contribution in [0.15, 0.2) is 53.9 Å². The van der Waals surface area contributed by atoms with Crippen LogP contribution in [0.1, 0.15) is 79.7 Å². The van der Waals surface area contributed by atoms with E-state index < -0.39 is 11.7 Å². The molecule has 0 unspecified atom stereocenters. The Bertz CT molecular complexity index is 1460. The normalized spacial score (nSPS) is 16.5. The van der Waals surface area contributed by atoms with E-state index >= 15 is 0 Å². The molecule has 2 saturated carbocycles. The molecule has 1 N–H and O–H groups in total. The van der Waals surface area contributed by atoms with Crippen LogP contribution in [0.4, 0.5) is 4.79 Å². The maximum Gasteiger partial charge on any atom is 0.437 e. The van der Waals surface area contributed by atoms with Gasteiger partial charge in [-0.05, 0) is 107 Å². The number of hydrogen-bond donors (Lipinski definition) is 1. The third kappa shape index (κ3) is 7.40. The third-order valence-corrected chi connectivity index (χ3v) is 7.03. The van der Waals surface area contributed by atoms with Crippen LogP contribution >= 0.6 is 0 Å². The first kappa shape index (κ1) is 27.7. The van der Waals surface area contributed by atoms with Gasteiger partial charge in [-0.3, -0.25) is 9.78 Å². The van der Waals surface area contributed by atoms with Crippen LogP contribution < -0.4 is 15.7 Å². The summed E-state index contributed by atoms with van der Waals surface area (Å²) in [6.07, 6.45) is 9.33. The predicted octanol–water partition coefficient (Wildman–Crippen LogP) is 5.08. The monoisotopic (exact) mass is 545 g/mol. The molecule has 0 radical (unpaired) electrons. The van der Waals surface area contributed by atoms with Crippen molar-refractivity contribution in [3.05, 3.63) is 76.9 Å². The number of carbonyl (C=O) groups is 2. The first-order valence-corrected chi connectivity index (χ1v) is 14.0. The summed E-state index contributed by atoms with van der Waals surface area (Å²) in [5.74, 6) is 1.47. The number of imidazole rings is 1. The minimum Gasteiger partial charge on any atom is -0.493 e. The standard InChI is InChI=1S/C31H39N5O4/c1-20-10-11-32-26(14-20)27(23-8-9-23)33-28(37)24-15-22(16-25(17-24)39-19-21-6-7-21)18-36-13-12-35(5)29(36)34-30(38)40-31(2,3)4/h10-17,21,23,27H,6-9,18-19H2,1-5H3,(H,33,37)/b34-29+/t27-/m0/s1. The minimum atomic E-state index is -0.652. The summed E-state index contributed by atoms with van der Waals surface area (Å²) >= 11 is 0. The van der Waals surface area contributed by atoms with Gasteiger partial charge in [-0.25, -0.2) is 4.79 Å². The van der Waals surface area contributed by atoms with Crippen LogP contribution in [0.5, 0.6) is 5.75 Å². The lowest BCUT2D eigenvalue weighted by Gasteiger charge is -2.19. The Labute approximate surface area is 235 Å². The third-order valence-electron chi connectivity index (χ3n) is 7.03. The number of aromatic nitrogens is 3. The summed E-state index contributed by atoms with van der Waals surface area (Å²) in [6, 6.07) is 9.53. The van der Waals surface area contributed by atoms with Gasteiger partial charge in [0.15, 0.2) is 0 Å². The van der Waals surface area contributed by atoms with Crippen LogP contribution in [-0.4, -0.2) is 38.3 Å². The molecule has 0 bridgehead atoms. The fourth-order valence-corrected chi connectivity index (χ4v) is 4.63. The quantitative estimate of drug-likeness (QED) is 0.404. The molecule has 0 aliphatic heterocycles. The summed E-state index contributed by atoms with van der Waals surface area (Å²) in [6.45, 7) is 8.50. The molecule has 1 atom stereocenters. The van der Waals surface area contributed by atoms with Crippen molar-refractivity contribution in [2.45, 2.75) is 71.6 Å². The number of hydrogen-bond acceptors (Lipinski definition) is 5. The van der Waals surface area contributed by atoms with Gasteiger partial charge in [-0.1, -0.05) is 0 Å². The van der Waals surface area contributed by atoms with Crippen LogP contribution in [0.25, 0.3) is 0 Å². The van der Waals surface area contributed by atoms with Crippen LogP contribution in [0.2, 0.25) is 0 Å². The summed E-state index contributed by atoms with van der Waals surface area (Å²) in [4.78, 5) is 34.8. The molecular formula is C31H39N5O4. The molecule has 40 heavy (non-hydrogen) atoms. The number of nitrogens with one attached hydrogen (secondary N) is 1. The maximum absolute atomic E-state index is 13.6. The molecule has 212 valence electrons. The Morgan fingerprint density at radius 2 is 1.90 bits per heavy atom. The van der Waals surface area contributed by atoms with Crippen molar-refractivity contribution >= 4 is 12.0 Å². The van der Waals surface area contributed by atoms with Crippen LogP contribution in [0.3, 0.4) is 0 Å². The van der Waals surface area contributed by atoms with Crippen molar-refractivity contribution in [1.29, 1.82) is 0 Å². The number of amides is 2. The summed E-state index contributed by atoms with van der Waals surface area (Å²) in [5.41, 5.74) is 3.22. The zero-order valence-corrected chi connectivity index (χ0v) is 24.0. The average Bonchev–Trinajstić information content (AvgIpc) is 3.81. The topological polar surface area (TPSA) is 99.7 Å². The smallest absolute Gasteiger partial charge is 0.437 e. The minimum absolute atomic E-state index is 0.130. The molecule has 2 amide bonds. The van der Waals surface area contributed by atoms with Crippen molar-refractivity contribution in [1.82, 2.24) is 19.4 Å². The van der Waals surface area contributed by atoms with Gasteiger partial charge in [0.05, 0.1) is 24.9 Å². The fraction of sp³-hybridized carbons (Fsp3) is 0.484. The molecule has 9 nitrogen and oxygen atoms in total. The molecule has 2 heterocycles. The van der Waals surface area contributed by atoms with E-state index in [0.717, 1.165) is 29.7 Å². The molecule has 1 aromatic carbocycles. The van der Waals surface area contributed by atoms with E-state index in [9.17, 15) is 9.59 Å². The Morgan fingerprint density at radius 3 is 2.58 bits per heavy atom. The van der Waals surface area contributed by atoms with E-state index in [1.54, 1.807) is 10.8 Å². The average molecular weight is 546 g/mol. The summed E-state index contributed by atoms with van der Waals surface area (Å²) in [7, 11) is 1.82. The lowest BCUT2D eigenvalue weighted by Crippen LogP contribution is -2.31. The number of benzene rings is 1. The highest BCUT2D eigenvalue weighted by atomic mass is 16.6. The highest BCUT2D eigenvalue weighted by Gasteiger charge is 2.34. The van der Waals surface area contributed by atoms with E-state index in [1.807, 2.05) is 82.0 Å². The molecule has 2 aromatic heterocycles. The molecule has 5 rings (SSSR count). The highest BCUT2D eigenvalue weighted by molar-refractivity contribution is 5.95. The van der Waals surface area contributed by atoms with Gasteiger partial charge in [0, 0.05) is 31.2 Å². The number of nitrogens with zero attached hydrogens (tertiary/aromatic N) is 4. The number of carbonyl (C=O) groups excluding carboxylic acids is 2. The van der Waals surface area contributed by atoms with E-state index in [0.29, 0.717) is 41.9 Å². The van der Waals surface area contributed by atoms with Gasteiger partial charge in [0.1, 0.15) is 11.4 Å². The lowest BCUT2D eigenvalue weighted by atomic mass is 10.0. The van der Waals surface area contributed by atoms with Crippen molar-refractivity contribution in [3.63, 3.8) is 0 Å². The van der Waals surface area contributed by atoms with Crippen LogP contribution in [0, 0.1) is 18.8 Å². The van der Waals surface area contributed by atoms with Gasteiger partial charge >= 0.3 is 6.09 Å². The maximum atomic E-state index is 13.6. The van der Waals surface area contributed by atoms with Gasteiger partial charge in [-0.15, -0.1) is 4.99 Å². The Balaban J connectivity index is 1.42. The van der Waals surface area contributed by atoms with E-state index in [1.165, 1.54) is 12.8 Å². The Morgan fingerprint density at radius 1 is 1.12 bits per heavy atom. The van der Waals surface area contributed by atoms with Gasteiger partial charge in [0.2, 0.25) is 5.62 Å². The van der Waals surface area contributed by atoms with E-state index in [4.69, 9.17) is 9.47 Å². The number of ether oxygens (including phenoxy) is 2. The molecule has 3 aromatic rings. The molecule has 2 aliphatic rings. The zero-order chi connectivity index (χ0) is 28.4. The molecule has 2 aliphatic carbocycles. The lowest BCUT2D eigenvalue weighted by molar-refractivity contribution is 0.0593. The van der Waals surface area contributed by atoms with Crippen molar-refractivity contribution in [3.8, 4) is 5.75 Å². The Kier molecular flexibility index (Phi) is 7.83. The second-order valence-corrected chi connectivity index (χ2v) is 12.1. The second kappa shape index (κ2) is 11.3. The molecule has 0 spiro atoms. The van der Waals surface area contributed by atoms with E-state index in [-0.39, 0.29) is 11.9 Å². The highest BCUT2D eigenvalue weighted by Crippen LogP contribution is 2.40. The second-order valence-electron chi connectivity index (χ2n) is 12.1. The Hall–Kier alpha value is -3.88. The van der Waals surface area contributed by atoms with Crippen molar-refractivity contribution in [2.75, 3.05) is 6.61 Å². The van der Waals surface area contributed by atoms with Gasteiger partial charge in [-0.2, -0.15) is 0 Å². The number of rotatable bonds is 9. The first-order chi connectivity index (χ1) is 19.0. The zero-order valence-electron chi connectivity index (χ0n) is 24.0. The first-order valence-electron chi connectivity index (χ1n) is 14.0. The van der Waals surface area contributed by atoms with Crippen LogP contribution in [-0.2, 0) is 18.3 Å². The molecule has 2 fully saturated rings. The van der Waals surface area contributed by atoms with Gasteiger partial charge in [0.25, 0.3) is 5.91 Å². The SMILES string of the molecule is Cc1ccnc([C@@H](NC(=O)c2cc(Cn3ccn(C)/c3=N\C(=O)OC(C)(C)C)cc(OCC3CC3)c2)C2CC2)c1. The summed E-state index contributed by atoms with van der Waals surface area (Å²) in [5, 5.41) is 3.25. The molecular weight excluding hydrogens is 506 g/mol. The largest absolute Gasteiger partial charge is 0.493 e. The van der Waals surface area contributed by atoms with E-state index in [2.05, 4.69) is 15.3 Å².